The Morgan fingerprint density at radius 1 is 1.20 bits per heavy atom. The van der Waals surface area contributed by atoms with Crippen molar-refractivity contribution in [2.75, 3.05) is 13.2 Å². The van der Waals surface area contributed by atoms with Gasteiger partial charge in [-0.25, -0.2) is 13.2 Å². The maximum absolute atomic E-state index is 12.2. The normalized spacial score (nSPS) is 21.4. The van der Waals surface area contributed by atoms with E-state index < -0.39 is 20.6 Å². The van der Waals surface area contributed by atoms with Gasteiger partial charge in [-0.3, -0.25) is 0 Å². The number of rotatable bonds is 4. The molecular formula is C14H15NO4S. The van der Waals surface area contributed by atoms with E-state index in [1.54, 1.807) is 30.3 Å². The van der Waals surface area contributed by atoms with Gasteiger partial charge >= 0.3 is 0 Å². The average molecular weight is 293 g/mol. The molecule has 1 aliphatic heterocycles. The van der Waals surface area contributed by atoms with Crippen molar-refractivity contribution in [2.24, 2.45) is 4.99 Å². The number of sulfone groups is 1. The number of hydrogen-bond donors (Lipinski definition) is 0. The molecule has 0 unspecified atom stereocenters. The van der Waals surface area contributed by atoms with Crippen molar-refractivity contribution >= 4 is 15.9 Å². The monoisotopic (exact) mass is 293 g/mol. The minimum absolute atomic E-state index is 0.267. The first-order valence-corrected chi connectivity index (χ1v) is 8.14. The minimum Gasteiger partial charge on any atom is -0.379 e. The van der Waals surface area contributed by atoms with Crippen LogP contribution < -0.4 is 0 Å². The molecule has 2 fully saturated rings. The van der Waals surface area contributed by atoms with Crippen molar-refractivity contribution in [1.82, 2.24) is 0 Å². The maximum Gasteiger partial charge on any atom is 0.235 e. The van der Waals surface area contributed by atoms with Gasteiger partial charge in [0.05, 0.1) is 23.6 Å². The lowest BCUT2D eigenvalue weighted by atomic mass is 9.72. The Balaban J connectivity index is 1.90. The molecule has 0 amide bonds. The molecule has 0 bridgehead atoms. The van der Waals surface area contributed by atoms with E-state index in [0.717, 1.165) is 24.8 Å². The van der Waals surface area contributed by atoms with Gasteiger partial charge in [-0.05, 0) is 37.0 Å². The molecule has 1 saturated heterocycles. The summed E-state index contributed by atoms with van der Waals surface area (Å²) in [7, 11) is -3.30. The van der Waals surface area contributed by atoms with E-state index in [2.05, 4.69) is 4.99 Å². The molecule has 5 nitrogen and oxygen atoms in total. The maximum atomic E-state index is 12.2. The van der Waals surface area contributed by atoms with E-state index in [-0.39, 0.29) is 13.2 Å². The lowest BCUT2D eigenvalue weighted by molar-refractivity contribution is 0.0416. The number of isocyanates is 1. The van der Waals surface area contributed by atoms with Crippen molar-refractivity contribution in [3.8, 4) is 0 Å². The second-order valence-corrected chi connectivity index (χ2v) is 7.55. The van der Waals surface area contributed by atoms with Crippen LogP contribution in [0.5, 0.6) is 0 Å². The molecule has 0 N–H and O–H groups in total. The van der Waals surface area contributed by atoms with Crippen molar-refractivity contribution in [3.05, 3.63) is 29.8 Å². The van der Waals surface area contributed by atoms with E-state index in [1.807, 2.05) is 0 Å². The fourth-order valence-electron chi connectivity index (χ4n) is 2.60. The summed E-state index contributed by atoms with van der Waals surface area (Å²) in [4.78, 5) is 14.8. The Labute approximate surface area is 117 Å². The lowest BCUT2D eigenvalue weighted by Gasteiger charge is -2.37. The molecule has 1 aliphatic carbocycles. The van der Waals surface area contributed by atoms with Crippen molar-refractivity contribution in [3.63, 3.8) is 0 Å². The van der Waals surface area contributed by atoms with Gasteiger partial charge in [0.1, 0.15) is 5.25 Å². The minimum atomic E-state index is -3.30. The van der Waals surface area contributed by atoms with Gasteiger partial charge in [0.15, 0.2) is 9.84 Å². The van der Waals surface area contributed by atoms with Gasteiger partial charge in [0, 0.05) is 0 Å². The molecule has 6 heteroatoms. The molecule has 20 heavy (non-hydrogen) atoms. The lowest BCUT2D eigenvalue weighted by Crippen LogP contribution is -2.40. The smallest absolute Gasteiger partial charge is 0.235 e. The van der Waals surface area contributed by atoms with Gasteiger partial charge in [0.2, 0.25) is 6.08 Å². The highest BCUT2D eigenvalue weighted by Gasteiger charge is 2.39. The van der Waals surface area contributed by atoms with Crippen LogP contribution in [0.2, 0.25) is 0 Å². The number of hydrogen-bond acceptors (Lipinski definition) is 5. The highest BCUT2D eigenvalue weighted by molar-refractivity contribution is 7.92. The molecular weight excluding hydrogens is 278 g/mol. The third-order valence-corrected chi connectivity index (χ3v) is 6.29. The van der Waals surface area contributed by atoms with Crippen LogP contribution in [0.15, 0.2) is 34.2 Å². The van der Waals surface area contributed by atoms with Crippen LogP contribution in [0.4, 0.5) is 0 Å². The van der Waals surface area contributed by atoms with Crippen LogP contribution in [0.3, 0.4) is 0 Å². The number of carbonyl (C=O) groups excluding carboxylic acids is 1. The SMILES string of the molecule is O=C=NC1(c2ccc(S(=O)(=O)C3COC3)cc2)CCC1. The Morgan fingerprint density at radius 3 is 2.25 bits per heavy atom. The predicted molar refractivity (Wildman–Crippen MR) is 71.9 cm³/mol. The van der Waals surface area contributed by atoms with Crippen LogP contribution in [-0.2, 0) is 24.9 Å². The molecule has 0 atom stereocenters. The van der Waals surface area contributed by atoms with Crippen molar-refractivity contribution in [1.29, 1.82) is 0 Å². The van der Waals surface area contributed by atoms with Gasteiger partial charge in [0.25, 0.3) is 0 Å². The van der Waals surface area contributed by atoms with Gasteiger partial charge in [-0.15, -0.1) is 0 Å². The molecule has 1 aromatic rings. The topological polar surface area (TPSA) is 72.8 Å². The number of ether oxygens (including phenoxy) is 1. The predicted octanol–water partition coefficient (Wildman–Crippen LogP) is 1.57. The summed E-state index contributed by atoms with van der Waals surface area (Å²) in [6, 6.07) is 6.71. The Kier molecular flexibility index (Phi) is 3.24. The molecule has 2 aliphatic rings. The van der Waals surface area contributed by atoms with E-state index in [1.165, 1.54) is 0 Å². The molecule has 0 aromatic heterocycles. The molecule has 1 heterocycles. The van der Waals surface area contributed by atoms with E-state index in [9.17, 15) is 13.2 Å². The van der Waals surface area contributed by atoms with Crippen molar-refractivity contribution in [2.45, 2.75) is 34.9 Å². The summed E-state index contributed by atoms with van der Waals surface area (Å²) >= 11 is 0. The first-order chi connectivity index (χ1) is 9.58. The molecule has 0 radical (unpaired) electrons. The molecule has 106 valence electrons. The third kappa shape index (κ3) is 2.00. The number of nitrogens with zero attached hydrogens (tertiary/aromatic N) is 1. The van der Waals surface area contributed by atoms with Crippen LogP contribution >= 0.6 is 0 Å². The van der Waals surface area contributed by atoms with E-state index in [0.29, 0.717) is 4.90 Å². The Bertz CT molecular complexity index is 651. The average Bonchev–Trinajstić information content (AvgIpc) is 2.31. The fourth-order valence-corrected chi connectivity index (χ4v) is 4.06. The second kappa shape index (κ2) is 4.81. The zero-order valence-electron chi connectivity index (χ0n) is 10.9. The summed E-state index contributed by atoms with van der Waals surface area (Å²) in [6.07, 6.45) is 4.27. The fraction of sp³-hybridized carbons (Fsp3) is 0.500. The summed E-state index contributed by atoms with van der Waals surface area (Å²) < 4.78 is 29.4. The van der Waals surface area contributed by atoms with Gasteiger partial charge < -0.3 is 4.74 Å². The molecule has 3 rings (SSSR count). The third-order valence-electron chi connectivity index (χ3n) is 4.21. The van der Waals surface area contributed by atoms with Crippen LogP contribution in [0, 0.1) is 0 Å². The quantitative estimate of drug-likeness (QED) is 0.624. The first-order valence-electron chi connectivity index (χ1n) is 6.60. The molecule has 1 saturated carbocycles. The van der Waals surface area contributed by atoms with E-state index in [4.69, 9.17) is 4.74 Å². The van der Waals surface area contributed by atoms with E-state index >= 15 is 0 Å². The van der Waals surface area contributed by atoms with Crippen LogP contribution in [-0.4, -0.2) is 33.0 Å². The summed E-state index contributed by atoms with van der Waals surface area (Å²) in [6.45, 7) is 0.535. The van der Waals surface area contributed by atoms with Gasteiger partial charge in [-0.1, -0.05) is 12.1 Å². The largest absolute Gasteiger partial charge is 0.379 e. The Hall–Kier alpha value is -1.49. The molecule has 1 aromatic carbocycles. The van der Waals surface area contributed by atoms with Crippen molar-refractivity contribution < 1.29 is 17.9 Å². The van der Waals surface area contributed by atoms with Gasteiger partial charge in [-0.2, -0.15) is 4.99 Å². The number of benzene rings is 1. The highest BCUT2D eigenvalue weighted by Crippen LogP contribution is 2.44. The standard InChI is InChI=1S/C14H15NO4S/c16-10-15-14(6-1-7-14)11-2-4-12(5-3-11)20(17,18)13-8-19-9-13/h2-5,13H,1,6-9H2. The zero-order chi connectivity index (χ0) is 14.2. The Morgan fingerprint density at radius 2 is 1.85 bits per heavy atom. The summed E-state index contributed by atoms with van der Waals surface area (Å²) in [5.74, 6) is 0. The second-order valence-electron chi connectivity index (χ2n) is 5.32. The first kappa shape index (κ1) is 13.5. The number of aliphatic imine (C=N–C) groups is 1. The molecule has 0 spiro atoms. The van der Waals surface area contributed by atoms with Crippen LogP contribution in [0.1, 0.15) is 24.8 Å². The summed E-state index contributed by atoms with van der Waals surface area (Å²) in [5, 5.41) is -0.431. The zero-order valence-corrected chi connectivity index (χ0v) is 11.7. The summed E-state index contributed by atoms with van der Waals surface area (Å²) in [5.41, 5.74) is 0.403. The van der Waals surface area contributed by atoms with Crippen LogP contribution in [0.25, 0.3) is 0 Å². The highest BCUT2D eigenvalue weighted by atomic mass is 32.2.